The first-order chi connectivity index (χ1) is 26.4. The maximum absolute atomic E-state index is 14.7. The van der Waals surface area contributed by atoms with E-state index in [1.807, 2.05) is 36.9 Å². The van der Waals surface area contributed by atoms with Crippen LogP contribution in [0.15, 0.2) is 65.3 Å². The number of carbonyl (C=O) groups excluding carboxylic acids is 2. The summed E-state index contributed by atoms with van der Waals surface area (Å²) in [4.78, 5) is 36.3. The second-order valence-electron chi connectivity index (χ2n) is 16.6. The largest absolute Gasteiger partial charge is 0.490 e. The van der Waals surface area contributed by atoms with Gasteiger partial charge in [-0.3, -0.25) is 9.52 Å². The first kappa shape index (κ1) is 37.7. The first-order valence-electron chi connectivity index (χ1n) is 19.6. The van der Waals surface area contributed by atoms with Gasteiger partial charge in [0, 0.05) is 57.7 Å². The van der Waals surface area contributed by atoms with Crippen molar-refractivity contribution in [3.8, 4) is 5.75 Å². The summed E-state index contributed by atoms with van der Waals surface area (Å²) in [5.74, 6) is 1.39. The average molecular weight is 771 g/mol. The van der Waals surface area contributed by atoms with E-state index in [2.05, 4.69) is 56.2 Å². The number of nitrogens with zero attached hydrogens (tertiary/aromatic N) is 5. The van der Waals surface area contributed by atoms with Gasteiger partial charge in [-0.05, 0) is 92.5 Å². The second kappa shape index (κ2) is 14.7. The van der Waals surface area contributed by atoms with Gasteiger partial charge >= 0.3 is 6.03 Å². The third-order valence-corrected chi connectivity index (χ3v) is 14.7. The van der Waals surface area contributed by atoms with E-state index in [1.165, 1.54) is 21.6 Å². The molecule has 2 aliphatic carbocycles. The Morgan fingerprint density at radius 1 is 1.11 bits per heavy atom. The number of imidazole rings is 1. The van der Waals surface area contributed by atoms with Crippen LogP contribution in [-0.4, -0.2) is 89.5 Å². The van der Waals surface area contributed by atoms with Crippen LogP contribution < -0.4 is 14.4 Å². The Labute approximate surface area is 324 Å². The van der Waals surface area contributed by atoms with Crippen molar-refractivity contribution < 1.29 is 28.0 Å². The van der Waals surface area contributed by atoms with E-state index in [0.29, 0.717) is 36.3 Å². The van der Waals surface area contributed by atoms with Gasteiger partial charge in [-0.15, -0.1) is 4.36 Å². The summed E-state index contributed by atoms with van der Waals surface area (Å²) in [7, 11) is 1.69. The Morgan fingerprint density at radius 3 is 2.67 bits per heavy atom. The first-order valence-corrected chi connectivity index (χ1v) is 21.3. The molecule has 1 N–H and O–H groups in total. The fourth-order valence-electron chi connectivity index (χ4n) is 9.61. The molecule has 2 bridgehead atoms. The molecular formula is C42H54N6O6S. The molecule has 3 aromatic rings. The van der Waals surface area contributed by atoms with E-state index in [1.54, 1.807) is 26.5 Å². The number of urea groups is 1. The van der Waals surface area contributed by atoms with Crippen LogP contribution in [0.2, 0.25) is 0 Å². The topological polar surface area (TPSA) is 128 Å². The molecule has 3 aliphatic heterocycles. The summed E-state index contributed by atoms with van der Waals surface area (Å²) in [5.41, 5.74) is 4.17. The number of anilines is 1. The van der Waals surface area contributed by atoms with E-state index in [9.17, 15) is 13.8 Å². The Balaban J connectivity index is 1.14. The van der Waals surface area contributed by atoms with Crippen molar-refractivity contribution in [2.45, 2.75) is 69.5 Å². The highest BCUT2D eigenvalue weighted by Gasteiger charge is 2.50. The van der Waals surface area contributed by atoms with Crippen molar-refractivity contribution in [2.24, 2.45) is 29.2 Å². The number of likely N-dealkylation sites (tertiary alicyclic amines) is 1. The zero-order valence-electron chi connectivity index (χ0n) is 32.7. The molecule has 55 heavy (non-hydrogen) atoms. The smallest absolute Gasteiger partial charge is 0.330 e. The lowest BCUT2D eigenvalue weighted by Gasteiger charge is -2.47. The normalized spacial score (nSPS) is 30.7. The molecule has 5 aliphatic rings. The van der Waals surface area contributed by atoms with Crippen LogP contribution in [0.5, 0.6) is 5.75 Å². The zero-order chi connectivity index (χ0) is 38.5. The van der Waals surface area contributed by atoms with Gasteiger partial charge in [-0.2, -0.15) is 0 Å². The van der Waals surface area contributed by atoms with Crippen LogP contribution in [0.1, 0.15) is 71.9 Å². The molecule has 2 fully saturated rings. The number of methoxy groups -OCH3 is 2. The van der Waals surface area contributed by atoms with Crippen LogP contribution in [0.3, 0.4) is 0 Å². The van der Waals surface area contributed by atoms with Crippen molar-refractivity contribution in [3.63, 3.8) is 0 Å². The lowest BCUT2D eigenvalue weighted by atomic mass is 9.68. The van der Waals surface area contributed by atoms with Gasteiger partial charge in [0.05, 0.1) is 37.2 Å². The number of carbonyl (C=O) groups is 2. The molecule has 13 heteroatoms. The predicted octanol–water partition coefficient (Wildman–Crippen LogP) is 5.93. The predicted molar refractivity (Wildman–Crippen MR) is 212 cm³/mol. The maximum atomic E-state index is 14.7. The van der Waals surface area contributed by atoms with Crippen LogP contribution in [0, 0.1) is 24.7 Å². The van der Waals surface area contributed by atoms with Gasteiger partial charge in [0.15, 0.2) is 5.60 Å². The highest BCUT2D eigenvalue weighted by atomic mass is 32.2. The number of hydrogen-bond donors (Lipinski definition) is 1. The monoisotopic (exact) mass is 770 g/mol. The number of nitrogens with one attached hydrogen (secondary N) is 1. The Morgan fingerprint density at radius 2 is 1.95 bits per heavy atom. The van der Waals surface area contributed by atoms with Gasteiger partial charge in [-0.25, -0.2) is 14.0 Å². The molecule has 1 unspecified atom stereocenters. The second-order valence-corrected chi connectivity index (χ2v) is 18.6. The van der Waals surface area contributed by atoms with E-state index >= 15 is 0 Å². The summed E-state index contributed by atoms with van der Waals surface area (Å²) in [6, 6.07) is 11.7. The molecule has 3 amide bonds. The number of aryl methyl sites for hydroxylation is 3. The maximum Gasteiger partial charge on any atom is 0.330 e. The van der Waals surface area contributed by atoms with E-state index in [-0.39, 0.29) is 36.3 Å². The van der Waals surface area contributed by atoms with Crippen molar-refractivity contribution in [1.29, 1.82) is 0 Å². The fourth-order valence-corrected chi connectivity index (χ4v) is 11.5. The Kier molecular flexibility index (Phi) is 10.1. The molecule has 1 aromatic heterocycles. The van der Waals surface area contributed by atoms with Crippen molar-refractivity contribution in [3.05, 3.63) is 89.0 Å². The number of ether oxygens (including phenoxy) is 3. The molecule has 294 valence electrons. The Hall–Kier alpha value is -4.20. The van der Waals surface area contributed by atoms with E-state index in [4.69, 9.17) is 14.2 Å². The number of amides is 3. The SMILES string of the molecule is CO[C@H]1/C=C/C[C@H](C)CS(=O)(NC(=O)N2CC(OC)(c3nccn3C)C2)=NC(=O)c2ccc3c(c2)N(C[C@@H]2CC[C@H]21)C[C@@]1(CCCc2cc(C)ccc21)CO3. The summed E-state index contributed by atoms with van der Waals surface area (Å²) in [6.07, 6.45) is 13.6. The molecule has 1 spiro atoms. The van der Waals surface area contributed by atoms with E-state index in [0.717, 1.165) is 56.6 Å². The number of rotatable bonds is 4. The van der Waals surface area contributed by atoms with Gasteiger partial charge in [0.25, 0.3) is 5.91 Å². The zero-order valence-corrected chi connectivity index (χ0v) is 33.5. The summed E-state index contributed by atoms with van der Waals surface area (Å²) in [6.45, 7) is 6.64. The molecule has 1 saturated heterocycles. The highest BCUT2D eigenvalue weighted by Crippen LogP contribution is 2.47. The van der Waals surface area contributed by atoms with Crippen molar-refractivity contribution in [2.75, 3.05) is 57.7 Å². The third-order valence-electron chi connectivity index (χ3n) is 12.8. The number of benzene rings is 2. The van der Waals surface area contributed by atoms with Crippen LogP contribution in [0.4, 0.5) is 10.5 Å². The molecule has 8 rings (SSSR count). The van der Waals surface area contributed by atoms with Gasteiger partial charge in [-0.1, -0.05) is 42.8 Å². The van der Waals surface area contributed by atoms with Gasteiger partial charge in [0.1, 0.15) is 21.5 Å². The van der Waals surface area contributed by atoms with Crippen molar-refractivity contribution in [1.82, 2.24) is 19.2 Å². The minimum atomic E-state index is -3.56. The van der Waals surface area contributed by atoms with Crippen LogP contribution >= 0.6 is 0 Å². The molecule has 2 aromatic carbocycles. The quantitative estimate of drug-likeness (QED) is 0.324. The minimum Gasteiger partial charge on any atom is -0.490 e. The summed E-state index contributed by atoms with van der Waals surface area (Å²) in [5, 5.41) is 0. The van der Waals surface area contributed by atoms with Gasteiger partial charge < -0.3 is 28.6 Å². The standard InChI is InChI=1S/C42H54N6O6S/c1-28-11-15-34-30(20-28)9-7-17-41(34)24-47-22-32-12-14-33(32)36(52-4)10-6-8-29(2)23-55(51,44-38(49)31-13-16-37(54-27-41)35(47)21-31)45-40(50)48-25-42(26-48,53-5)39-43-18-19-46(39)3/h6,10-11,13,15-16,18-21,29,32-33,36H,7-9,12,14,17,22-27H2,1-5H3,(H,44,45,49,50,51)/b10-6+/t29-,32-,33+,36-,41-,55?/m0/s1. The molecule has 0 radical (unpaired) electrons. The number of hydrogen-bond acceptors (Lipinski definition) is 8. The fraction of sp³-hybridized carbons (Fsp3) is 0.548. The van der Waals surface area contributed by atoms with Crippen LogP contribution in [0.25, 0.3) is 0 Å². The van der Waals surface area contributed by atoms with Crippen LogP contribution in [-0.2, 0) is 43.9 Å². The Bertz CT molecular complexity index is 2120. The minimum absolute atomic E-state index is 0.00271. The molecule has 12 nitrogen and oxygen atoms in total. The van der Waals surface area contributed by atoms with Gasteiger partial charge in [0.2, 0.25) is 0 Å². The number of aromatic nitrogens is 2. The lowest BCUT2D eigenvalue weighted by molar-refractivity contribution is -0.118. The van der Waals surface area contributed by atoms with E-state index < -0.39 is 27.5 Å². The average Bonchev–Trinajstić information content (AvgIpc) is 3.49. The number of allylic oxidation sites excluding steroid dienone is 1. The number of fused-ring (bicyclic) bond motifs is 4. The van der Waals surface area contributed by atoms with Crippen molar-refractivity contribution >= 4 is 27.5 Å². The third kappa shape index (κ3) is 7.08. The summed E-state index contributed by atoms with van der Waals surface area (Å²) < 4.78 is 42.3. The molecular weight excluding hydrogens is 717 g/mol. The molecule has 6 atom stereocenters. The molecule has 4 heterocycles. The summed E-state index contributed by atoms with van der Waals surface area (Å²) >= 11 is 0. The lowest BCUT2D eigenvalue weighted by Crippen LogP contribution is -2.65. The highest BCUT2D eigenvalue weighted by molar-refractivity contribution is 7.92. The molecule has 1 saturated carbocycles.